The van der Waals surface area contributed by atoms with Crippen LogP contribution in [0.5, 0.6) is 0 Å². The van der Waals surface area contributed by atoms with Gasteiger partial charge in [0.05, 0.1) is 0 Å². The molecule has 0 radical (unpaired) electrons. The fourth-order valence-electron chi connectivity index (χ4n) is 19.4. The average molecular weight is 739 g/mol. The average Bonchev–Trinajstić information content (AvgIpc) is 3.77. The summed E-state index contributed by atoms with van der Waals surface area (Å²) in [5, 5.41) is 0. The van der Waals surface area contributed by atoms with Crippen molar-refractivity contribution in [1.82, 2.24) is 9.80 Å². The molecule has 304 valence electrons. The summed E-state index contributed by atoms with van der Waals surface area (Å²) in [5.74, 6) is 12.9. The van der Waals surface area contributed by atoms with Crippen LogP contribution >= 0.6 is 0 Å². The van der Waals surface area contributed by atoms with Gasteiger partial charge < -0.3 is 0 Å². The zero-order valence-electron chi connectivity index (χ0n) is 35.3. The van der Waals surface area contributed by atoms with Gasteiger partial charge in [-0.3, -0.25) is 9.80 Å². The van der Waals surface area contributed by atoms with Crippen molar-refractivity contribution in [2.45, 2.75) is 255 Å². The minimum Gasteiger partial charge on any atom is -0.294 e. The Hall–Kier alpha value is -0.0800. The van der Waals surface area contributed by atoms with Crippen LogP contribution in [0.3, 0.4) is 0 Å². The number of fused-ring (bicyclic) bond motifs is 8. The maximum atomic E-state index is 3.48. The van der Waals surface area contributed by atoms with Gasteiger partial charge in [-0.1, -0.05) is 116 Å². The molecule has 9 saturated carbocycles. The Bertz CT molecular complexity index is 1220. The second-order valence-electron chi connectivity index (χ2n) is 23.4. The lowest BCUT2D eigenvalue weighted by Crippen LogP contribution is -2.53. The molecule has 0 bridgehead atoms. The minimum absolute atomic E-state index is 0.938. The predicted molar refractivity (Wildman–Crippen MR) is 225 cm³/mol. The molecule has 0 amide bonds. The molecule has 2 saturated heterocycles. The molecular weight excluding hydrogens is 653 g/mol. The lowest BCUT2D eigenvalue weighted by Gasteiger charge is -2.49. The van der Waals surface area contributed by atoms with Crippen LogP contribution < -0.4 is 0 Å². The normalized spacial score (nSPS) is 51.1. The quantitative estimate of drug-likeness (QED) is 0.277. The van der Waals surface area contributed by atoms with Gasteiger partial charge in [0.25, 0.3) is 0 Å². The molecule has 0 aromatic carbocycles. The Morgan fingerprint density at radius 1 is 0.222 bits per heavy atom. The number of hydrogen-bond acceptors (Lipinski definition) is 2. The number of likely N-dealkylation sites (tertiary alicyclic amines) is 2. The number of rotatable bonds is 5. The minimum atomic E-state index is 0.938. The maximum Gasteiger partial charge on any atom is 0.0137 e. The Balaban J connectivity index is 0.858. The molecule has 54 heavy (non-hydrogen) atoms. The van der Waals surface area contributed by atoms with E-state index in [1.807, 2.05) is 0 Å². The summed E-state index contributed by atoms with van der Waals surface area (Å²) >= 11 is 0. The smallest absolute Gasteiger partial charge is 0.0137 e. The lowest BCUT2D eigenvalue weighted by molar-refractivity contribution is 0.00128. The first-order valence-electron chi connectivity index (χ1n) is 26.3. The summed E-state index contributed by atoms with van der Waals surface area (Å²) in [5.41, 5.74) is 0. The van der Waals surface area contributed by atoms with E-state index >= 15 is 0 Å². The Morgan fingerprint density at radius 3 is 1.41 bits per heavy atom. The molecule has 2 aliphatic heterocycles. The van der Waals surface area contributed by atoms with Crippen LogP contribution in [0, 0.1) is 71.0 Å². The first-order chi connectivity index (χ1) is 26.8. The van der Waals surface area contributed by atoms with Crippen molar-refractivity contribution in [3.8, 4) is 0 Å². The van der Waals surface area contributed by atoms with Crippen molar-refractivity contribution in [3.63, 3.8) is 0 Å². The maximum absolute atomic E-state index is 3.48. The van der Waals surface area contributed by atoms with E-state index in [2.05, 4.69) is 9.80 Å². The topological polar surface area (TPSA) is 6.48 Å². The zero-order valence-corrected chi connectivity index (χ0v) is 35.3. The first kappa shape index (κ1) is 37.0. The van der Waals surface area contributed by atoms with Crippen molar-refractivity contribution in [2.75, 3.05) is 0 Å². The van der Waals surface area contributed by atoms with Crippen molar-refractivity contribution in [3.05, 3.63) is 0 Å². The third-order valence-electron chi connectivity index (χ3n) is 21.4. The van der Waals surface area contributed by atoms with E-state index in [4.69, 9.17) is 0 Å². The van der Waals surface area contributed by atoms with Gasteiger partial charge in [0.1, 0.15) is 0 Å². The highest BCUT2D eigenvalue weighted by Gasteiger charge is 2.64. The summed E-state index contributed by atoms with van der Waals surface area (Å²) in [6, 6.07) is 5.70. The van der Waals surface area contributed by atoms with Gasteiger partial charge in [-0.05, 0) is 174 Å². The molecule has 2 nitrogen and oxygen atoms in total. The molecule has 2 heterocycles. The van der Waals surface area contributed by atoms with E-state index in [0.29, 0.717) is 0 Å². The van der Waals surface area contributed by atoms with Gasteiger partial charge in [0.2, 0.25) is 0 Å². The molecule has 14 atom stereocenters. The van der Waals surface area contributed by atoms with Crippen LogP contribution in [0.2, 0.25) is 0 Å². The van der Waals surface area contributed by atoms with E-state index in [1.165, 1.54) is 32.1 Å². The third kappa shape index (κ3) is 6.78. The fourth-order valence-corrected chi connectivity index (χ4v) is 19.4. The predicted octanol–water partition coefficient (Wildman–Crippen LogP) is 13.6. The standard InChI is InChI=1S/C52H86N2/c1-3-12-35(13-4-1)38-24-27-43(28-25-38)53-47-21-10-9-20-45(47)51-49(53)30-31-50-52(51)46-34-42(36-14-5-2-6-15-36)26-29-48(46)54(50)44-19-11-18-40(33-44)41-23-22-37-16-7-8-17-39(37)32-41/h35-52H,1-34H2. The fraction of sp³-hybridized carbons (Fsp3) is 1.00. The van der Waals surface area contributed by atoms with Crippen molar-refractivity contribution < 1.29 is 0 Å². The summed E-state index contributed by atoms with van der Waals surface area (Å²) in [7, 11) is 0. The molecule has 0 aromatic heterocycles. The van der Waals surface area contributed by atoms with E-state index in [0.717, 1.165) is 107 Å². The summed E-state index contributed by atoms with van der Waals surface area (Å²) in [6.45, 7) is 0. The van der Waals surface area contributed by atoms with Gasteiger partial charge in [-0.25, -0.2) is 0 Å². The summed E-state index contributed by atoms with van der Waals surface area (Å²) in [6.07, 6.45) is 53.5. The molecule has 2 heteroatoms. The SMILES string of the molecule is C1CCC(C2CCC(N3C4CCCCC4C4C5C6CC(C7CCCCC7)CCC6N(C6CCCC(C7CCC8CCCCC8C7)C6)C5CCC43)CC2)CC1. The first-order valence-corrected chi connectivity index (χ1v) is 26.3. The van der Waals surface area contributed by atoms with Crippen LogP contribution in [-0.2, 0) is 0 Å². The molecule has 11 fully saturated rings. The molecule has 0 aromatic rings. The Kier molecular flexibility index (Phi) is 11.1. The van der Waals surface area contributed by atoms with Crippen LogP contribution in [0.4, 0.5) is 0 Å². The van der Waals surface area contributed by atoms with Gasteiger partial charge in [-0.15, -0.1) is 0 Å². The number of hydrogen-bond donors (Lipinski definition) is 0. The Labute approximate surface area is 334 Å². The highest BCUT2D eigenvalue weighted by Crippen LogP contribution is 2.63. The van der Waals surface area contributed by atoms with E-state index < -0.39 is 0 Å². The summed E-state index contributed by atoms with van der Waals surface area (Å²) in [4.78, 5) is 6.90. The molecule has 9 aliphatic carbocycles. The molecule has 0 N–H and O–H groups in total. The van der Waals surface area contributed by atoms with Crippen LogP contribution in [0.1, 0.15) is 218 Å². The van der Waals surface area contributed by atoms with Crippen molar-refractivity contribution in [1.29, 1.82) is 0 Å². The van der Waals surface area contributed by atoms with Crippen LogP contribution in [0.15, 0.2) is 0 Å². The van der Waals surface area contributed by atoms with Crippen LogP contribution in [-0.4, -0.2) is 46.1 Å². The van der Waals surface area contributed by atoms with Gasteiger partial charge in [0, 0.05) is 36.3 Å². The van der Waals surface area contributed by atoms with Gasteiger partial charge in [-0.2, -0.15) is 0 Å². The molecular formula is C52H86N2. The third-order valence-corrected chi connectivity index (χ3v) is 21.4. The number of nitrogens with zero attached hydrogens (tertiary/aromatic N) is 2. The van der Waals surface area contributed by atoms with Gasteiger partial charge >= 0.3 is 0 Å². The molecule has 11 aliphatic rings. The second kappa shape index (κ2) is 16.2. The van der Waals surface area contributed by atoms with E-state index in [1.54, 1.807) is 186 Å². The van der Waals surface area contributed by atoms with Gasteiger partial charge in [0.15, 0.2) is 0 Å². The zero-order chi connectivity index (χ0) is 35.6. The summed E-state index contributed by atoms with van der Waals surface area (Å²) < 4.78 is 0. The largest absolute Gasteiger partial charge is 0.294 e. The highest BCUT2D eigenvalue weighted by molar-refractivity contribution is 5.17. The van der Waals surface area contributed by atoms with E-state index in [-0.39, 0.29) is 0 Å². The van der Waals surface area contributed by atoms with Crippen LogP contribution in [0.25, 0.3) is 0 Å². The van der Waals surface area contributed by atoms with E-state index in [9.17, 15) is 0 Å². The molecule has 0 spiro atoms. The Morgan fingerprint density at radius 2 is 0.648 bits per heavy atom. The van der Waals surface area contributed by atoms with Crippen molar-refractivity contribution >= 4 is 0 Å². The molecule has 11 rings (SSSR count). The lowest BCUT2D eigenvalue weighted by atomic mass is 9.59. The highest BCUT2D eigenvalue weighted by atomic mass is 15.3. The monoisotopic (exact) mass is 739 g/mol. The molecule has 14 unspecified atom stereocenters. The van der Waals surface area contributed by atoms with Crippen molar-refractivity contribution in [2.24, 2.45) is 71.0 Å². The second-order valence-corrected chi connectivity index (χ2v) is 23.4.